The molecule has 2 nitrogen and oxygen atoms in total. The molecule has 0 saturated carbocycles. The van der Waals surface area contributed by atoms with Crippen molar-refractivity contribution >= 4 is 27.1 Å². The lowest BCUT2D eigenvalue weighted by Crippen LogP contribution is -1.89. The Balaban J connectivity index is 1.80. The van der Waals surface area contributed by atoms with Gasteiger partial charge in [0.05, 0.1) is 7.11 Å². The first-order valence-corrected chi connectivity index (χ1v) is 8.15. The summed E-state index contributed by atoms with van der Waals surface area (Å²) in [5, 5.41) is 14.8. The molecule has 2 heteroatoms. The number of hydrogen-bond donors (Lipinski definition) is 1. The molecule has 0 aliphatic heterocycles. The van der Waals surface area contributed by atoms with Crippen LogP contribution in [0, 0.1) is 0 Å². The molecule has 0 saturated heterocycles. The van der Waals surface area contributed by atoms with E-state index in [1.165, 1.54) is 0 Å². The van der Waals surface area contributed by atoms with E-state index in [1.54, 1.807) is 7.11 Å². The molecule has 0 fully saturated rings. The predicted octanol–water partition coefficient (Wildman–Crippen LogP) is 5.77. The van der Waals surface area contributed by atoms with Crippen molar-refractivity contribution < 1.29 is 9.84 Å². The lowest BCUT2D eigenvalue weighted by atomic mass is 9.94. The zero-order chi connectivity index (χ0) is 17.4. The topological polar surface area (TPSA) is 29.5 Å². The van der Waals surface area contributed by atoms with Crippen LogP contribution in [0.25, 0.3) is 27.1 Å². The van der Waals surface area contributed by atoms with Gasteiger partial charge in [-0.05, 0) is 45.5 Å². The highest BCUT2D eigenvalue weighted by molar-refractivity contribution is 5.97. The summed E-state index contributed by atoms with van der Waals surface area (Å²) < 4.78 is 5.28. The second kappa shape index (κ2) is 5.99. The lowest BCUT2D eigenvalue weighted by molar-refractivity contribution is 0.415. The third kappa shape index (κ3) is 2.62. The van der Waals surface area contributed by atoms with Gasteiger partial charge in [-0.1, -0.05) is 61.2 Å². The summed E-state index contributed by atoms with van der Waals surface area (Å²) >= 11 is 0. The number of rotatable bonds is 3. The first-order valence-electron chi connectivity index (χ1n) is 8.15. The van der Waals surface area contributed by atoms with Crippen LogP contribution in [-0.4, -0.2) is 12.2 Å². The summed E-state index contributed by atoms with van der Waals surface area (Å²) in [5.41, 5.74) is 2.55. The van der Waals surface area contributed by atoms with Crippen LogP contribution in [0.2, 0.25) is 0 Å². The molecule has 25 heavy (non-hydrogen) atoms. The van der Waals surface area contributed by atoms with Gasteiger partial charge in [-0.3, -0.25) is 0 Å². The second-order valence-corrected chi connectivity index (χ2v) is 6.09. The molecule has 0 amide bonds. The van der Waals surface area contributed by atoms with Crippen molar-refractivity contribution in [3.63, 3.8) is 0 Å². The number of methoxy groups -OCH3 is 1. The van der Waals surface area contributed by atoms with Crippen molar-refractivity contribution in [1.29, 1.82) is 0 Å². The standard InChI is InChI=1S/C23H18O2/c1-15(21-12-10-16-5-3-4-6-22(16)23(21)24)17-7-8-19-14-20(25-2)11-9-18(19)13-17/h3-14,24H,1H2,2H3. The first kappa shape index (κ1) is 15.3. The van der Waals surface area contributed by atoms with Crippen molar-refractivity contribution in [2.24, 2.45) is 0 Å². The van der Waals surface area contributed by atoms with Gasteiger partial charge in [0.2, 0.25) is 0 Å². The Morgan fingerprint density at radius 3 is 2.40 bits per heavy atom. The number of ether oxygens (including phenoxy) is 1. The van der Waals surface area contributed by atoms with Gasteiger partial charge in [0.15, 0.2) is 0 Å². The summed E-state index contributed by atoms with van der Waals surface area (Å²) in [6, 6.07) is 23.9. The second-order valence-electron chi connectivity index (χ2n) is 6.09. The highest BCUT2D eigenvalue weighted by atomic mass is 16.5. The molecular formula is C23H18O2. The van der Waals surface area contributed by atoms with E-state index < -0.39 is 0 Å². The van der Waals surface area contributed by atoms with Gasteiger partial charge < -0.3 is 9.84 Å². The van der Waals surface area contributed by atoms with Crippen LogP contribution in [0.4, 0.5) is 0 Å². The highest BCUT2D eigenvalue weighted by Gasteiger charge is 2.11. The van der Waals surface area contributed by atoms with Gasteiger partial charge in [-0.25, -0.2) is 0 Å². The fourth-order valence-electron chi connectivity index (χ4n) is 3.19. The summed E-state index contributed by atoms with van der Waals surface area (Å²) in [6.07, 6.45) is 0. The minimum absolute atomic E-state index is 0.276. The zero-order valence-electron chi connectivity index (χ0n) is 14.0. The Bertz CT molecular complexity index is 1110. The van der Waals surface area contributed by atoms with Crippen LogP contribution < -0.4 is 4.74 Å². The van der Waals surface area contributed by atoms with Gasteiger partial charge in [0, 0.05) is 10.9 Å². The summed E-state index contributed by atoms with van der Waals surface area (Å²) in [5.74, 6) is 1.11. The molecule has 4 rings (SSSR count). The van der Waals surface area contributed by atoms with Crippen LogP contribution in [0.5, 0.6) is 11.5 Å². The van der Waals surface area contributed by atoms with Crippen molar-refractivity contribution in [3.8, 4) is 11.5 Å². The molecule has 4 aromatic rings. The minimum atomic E-state index is 0.276. The summed E-state index contributed by atoms with van der Waals surface area (Å²) in [7, 11) is 1.67. The maximum Gasteiger partial charge on any atom is 0.131 e. The van der Waals surface area contributed by atoms with E-state index in [2.05, 4.69) is 18.7 Å². The van der Waals surface area contributed by atoms with Crippen LogP contribution in [0.1, 0.15) is 11.1 Å². The Morgan fingerprint density at radius 1 is 0.840 bits per heavy atom. The van der Waals surface area contributed by atoms with E-state index in [1.807, 2.05) is 60.7 Å². The molecule has 0 radical (unpaired) electrons. The fraction of sp³-hybridized carbons (Fsp3) is 0.0435. The van der Waals surface area contributed by atoms with Crippen molar-refractivity contribution in [1.82, 2.24) is 0 Å². The van der Waals surface area contributed by atoms with E-state index in [0.717, 1.165) is 44.0 Å². The van der Waals surface area contributed by atoms with Crippen LogP contribution in [-0.2, 0) is 0 Å². The molecule has 4 aromatic carbocycles. The fourth-order valence-corrected chi connectivity index (χ4v) is 3.19. The Kier molecular flexibility index (Phi) is 3.66. The summed E-state index contributed by atoms with van der Waals surface area (Å²) in [6.45, 7) is 4.22. The zero-order valence-corrected chi connectivity index (χ0v) is 14.0. The SMILES string of the molecule is C=C(c1ccc2cc(OC)ccc2c1)c1ccc2ccccc2c1O. The Hall–Kier alpha value is -3.26. The van der Waals surface area contributed by atoms with Gasteiger partial charge in [0.25, 0.3) is 0 Å². The number of hydrogen-bond acceptors (Lipinski definition) is 2. The third-order valence-corrected chi connectivity index (χ3v) is 4.62. The molecule has 0 aromatic heterocycles. The lowest BCUT2D eigenvalue weighted by Gasteiger charge is -2.12. The monoisotopic (exact) mass is 326 g/mol. The number of phenolic OH excluding ortho intramolecular Hbond substituents is 1. The van der Waals surface area contributed by atoms with E-state index in [0.29, 0.717) is 0 Å². The van der Waals surface area contributed by atoms with Gasteiger partial charge in [-0.2, -0.15) is 0 Å². The molecular weight excluding hydrogens is 308 g/mol. The highest BCUT2D eigenvalue weighted by Crippen LogP contribution is 2.36. The average molecular weight is 326 g/mol. The van der Waals surface area contributed by atoms with E-state index >= 15 is 0 Å². The molecule has 122 valence electrons. The normalized spacial score (nSPS) is 10.9. The van der Waals surface area contributed by atoms with Crippen LogP contribution >= 0.6 is 0 Å². The Morgan fingerprint density at radius 2 is 1.56 bits per heavy atom. The molecule has 0 bridgehead atoms. The van der Waals surface area contributed by atoms with Crippen LogP contribution in [0.3, 0.4) is 0 Å². The van der Waals surface area contributed by atoms with Gasteiger partial charge in [0.1, 0.15) is 11.5 Å². The number of aromatic hydroxyl groups is 1. The molecule has 0 heterocycles. The maximum absolute atomic E-state index is 10.7. The van der Waals surface area contributed by atoms with E-state index in [4.69, 9.17) is 4.74 Å². The molecule has 0 spiro atoms. The average Bonchev–Trinajstić information content (AvgIpc) is 2.67. The molecule has 1 N–H and O–H groups in total. The molecule has 0 atom stereocenters. The molecule has 0 unspecified atom stereocenters. The number of benzene rings is 4. The van der Waals surface area contributed by atoms with E-state index in [9.17, 15) is 5.11 Å². The Labute approximate surface area is 146 Å². The first-order chi connectivity index (χ1) is 12.2. The smallest absolute Gasteiger partial charge is 0.131 e. The largest absolute Gasteiger partial charge is 0.507 e. The van der Waals surface area contributed by atoms with Gasteiger partial charge in [-0.15, -0.1) is 0 Å². The van der Waals surface area contributed by atoms with Crippen molar-refractivity contribution in [2.75, 3.05) is 7.11 Å². The minimum Gasteiger partial charge on any atom is -0.507 e. The molecule has 0 aliphatic rings. The van der Waals surface area contributed by atoms with Gasteiger partial charge >= 0.3 is 0 Å². The van der Waals surface area contributed by atoms with Crippen molar-refractivity contribution in [3.05, 3.63) is 90.5 Å². The summed E-state index contributed by atoms with van der Waals surface area (Å²) in [4.78, 5) is 0. The quantitative estimate of drug-likeness (QED) is 0.518. The molecule has 0 aliphatic carbocycles. The predicted molar refractivity (Wildman–Crippen MR) is 104 cm³/mol. The van der Waals surface area contributed by atoms with E-state index in [-0.39, 0.29) is 5.75 Å². The maximum atomic E-state index is 10.7. The van der Waals surface area contributed by atoms with Crippen molar-refractivity contribution in [2.45, 2.75) is 0 Å². The number of phenols is 1. The number of fused-ring (bicyclic) bond motifs is 2. The third-order valence-electron chi connectivity index (χ3n) is 4.62. The van der Waals surface area contributed by atoms with Crippen LogP contribution in [0.15, 0.2) is 79.4 Å².